The molecule has 0 spiro atoms. The van der Waals surface area contributed by atoms with Crippen molar-refractivity contribution >= 4 is 34.1 Å². The first-order valence-corrected chi connectivity index (χ1v) is 15.8. The molecule has 0 bridgehead atoms. The zero-order valence-electron chi connectivity index (χ0n) is 25.2. The van der Waals surface area contributed by atoms with Crippen LogP contribution in [0.15, 0.2) is 54.7 Å². The van der Waals surface area contributed by atoms with Crippen LogP contribution in [0.3, 0.4) is 0 Å². The number of methoxy groups -OCH3 is 1. The maximum atomic E-state index is 6.68. The molecule has 0 amide bonds. The number of halogens is 1. The summed E-state index contributed by atoms with van der Waals surface area (Å²) in [5.41, 5.74) is 5.97. The summed E-state index contributed by atoms with van der Waals surface area (Å²) in [6.07, 6.45) is 3.79. The fourth-order valence-electron chi connectivity index (χ4n) is 6.03. The number of ether oxygens (including phenoxy) is 2. The van der Waals surface area contributed by atoms with Gasteiger partial charge >= 0.3 is 0 Å². The van der Waals surface area contributed by atoms with E-state index >= 15 is 0 Å². The van der Waals surface area contributed by atoms with Gasteiger partial charge in [-0.2, -0.15) is 0 Å². The van der Waals surface area contributed by atoms with E-state index in [9.17, 15) is 0 Å². The Bertz CT molecular complexity index is 1460. The van der Waals surface area contributed by atoms with Crippen molar-refractivity contribution in [2.45, 2.75) is 32.4 Å². The second-order valence-electron chi connectivity index (χ2n) is 11.4. The number of hydrogen-bond acceptors (Lipinski definition) is 8. The lowest BCUT2D eigenvalue weighted by molar-refractivity contribution is 0.111. The molecule has 2 aromatic heterocycles. The van der Waals surface area contributed by atoms with Crippen LogP contribution in [-0.4, -0.2) is 96.9 Å². The molecule has 2 saturated heterocycles. The minimum absolute atomic E-state index is 0.328. The van der Waals surface area contributed by atoms with E-state index in [1.165, 1.54) is 11.3 Å². The molecular formula is C33H42ClN7O2. The number of hydrogen-bond donors (Lipinski definition) is 2. The number of fused-ring (bicyclic) bond motifs is 1. The summed E-state index contributed by atoms with van der Waals surface area (Å²) >= 11 is 6.68. The van der Waals surface area contributed by atoms with E-state index < -0.39 is 0 Å². The summed E-state index contributed by atoms with van der Waals surface area (Å²) in [6, 6.07) is 17.3. The number of piperidine rings is 1. The highest BCUT2D eigenvalue weighted by molar-refractivity contribution is 6.34. The van der Waals surface area contributed by atoms with Crippen LogP contribution in [0.2, 0.25) is 5.02 Å². The zero-order chi connectivity index (χ0) is 29.6. The van der Waals surface area contributed by atoms with Crippen molar-refractivity contribution in [3.05, 3.63) is 65.3 Å². The molecule has 9 nitrogen and oxygen atoms in total. The highest BCUT2D eigenvalue weighted by Crippen LogP contribution is 2.33. The van der Waals surface area contributed by atoms with Gasteiger partial charge in [0, 0.05) is 76.3 Å². The predicted octanol–water partition coefficient (Wildman–Crippen LogP) is 5.52. The van der Waals surface area contributed by atoms with Crippen LogP contribution in [-0.2, 0) is 11.3 Å². The van der Waals surface area contributed by atoms with Crippen molar-refractivity contribution in [1.82, 2.24) is 24.8 Å². The SMILES string of the molecule is CCOCCN1CCN(c2ccc(-c3nc4c(NC5CCN(Cc6ccc(OC)cc6)CC5)c(Cl)cnc4[nH]3)cc2)CC1. The molecule has 4 heterocycles. The minimum atomic E-state index is 0.328. The molecule has 2 aliphatic heterocycles. The highest BCUT2D eigenvalue weighted by Gasteiger charge is 2.23. The first-order valence-electron chi connectivity index (χ1n) is 15.4. The number of benzene rings is 2. The lowest BCUT2D eigenvalue weighted by atomic mass is 10.0. The van der Waals surface area contributed by atoms with Gasteiger partial charge < -0.3 is 24.7 Å². The van der Waals surface area contributed by atoms with Gasteiger partial charge in [-0.3, -0.25) is 9.80 Å². The molecule has 0 unspecified atom stereocenters. The van der Waals surface area contributed by atoms with Gasteiger partial charge in [0.05, 0.1) is 30.6 Å². The van der Waals surface area contributed by atoms with Crippen molar-refractivity contribution in [1.29, 1.82) is 0 Å². The summed E-state index contributed by atoms with van der Waals surface area (Å²) in [5.74, 6) is 1.69. The number of aromatic amines is 1. The average Bonchev–Trinajstić information content (AvgIpc) is 3.49. The summed E-state index contributed by atoms with van der Waals surface area (Å²) < 4.78 is 10.8. The van der Waals surface area contributed by atoms with Crippen LogP contribution in [0.4, 0.5) is 11.4 Å². The third kappa shape index (κ3) is 7.24. The molecule has 2 fully saturated rings. The molecule has 6 rings (SSSR count). The van der Waals surface area contributed by atoms with Gasteiger partial charge in [-0.1, -0.05) is 23.7 Å². The quantitative estimate of drug-likeness (QED) is 0.217. The van der Waals surface area contributed by atoms with Crippen molar-refractivity contribution in [2.75, 3.05) is 76.4 Å². The van der Waals surface area contributed by atoms with Crippen LogP contribution in [0, 0.1) is 0 Å². The Morgan fingerprint density at radius 1 is 0.953 bits per heavy atom. The largest absolute Gasteiger partial charge is 0.497 e. The van der Waals surface area contributed by atoms with Gasteiger partial charge in [-0.25, -0.2) is 9.97 Å². The van der Waals surface area contributed by atoms with Crippen LogP contribution < -0.4 is 15.0 Å². The Balaban J connectivity index is 1.07. The molecule has 0 radical (unpaired) electrons. The van der Waals surface area contributed by atoms with E-state index in [1.807, 2.05) is 19.1 Å². The monoisotopic (exact) mass is 603 g/mol. The first-order chi connectivity index (χ1) is 21.1. The summed E-state index contributed by atoms with van der Waals surface area (Å²) in [7, 11) is 1.70. The molecule has 10 heteroatoms. The number of nitrogens with zero attached hydrogens (tertiary/aromatic N) is 5. The average molecular weight is 604 g/mol. The Morgan fingerprint density at radius 3 is 2.40 bits per heavy atom. The predicted molar refractivity (Wildman–Crippen MR) is 174 cm³/mol. The number of H-pyrrole nitrogens is 1. The second kappa shape index (κ2) is 13.9. The zero-order valence-corrected chi connectivity index (χ0v) is 25.9. The second-order valence-corrected chi connectivity index (χ2v) is 11.8. The molecule has 4 aromatic rings. The molecule has 0 saturated carbocycles. The van der Waals surface area contributed by atoms with Crippen molar-refractivity contribution in [3.8, 4) is 17.1 Å². The molecule has 0 aliphatic carbocycles. The Labute approximate surface area is 259 Å². The van der Waals surface area contributed by atoms with Crippen molar-refractivity contribution in [2.24, 2.45) is 0 Å². The Hall–Kier alpha value is -3.37. The van der Waals surface area contributed by atoms with Crippen LogP contribution >= 0.6 is 11.6 Å². The van der Waals surface area contributed by atoms with E-state index in [0.29, 0.717) is 11.1 Å². The summed E-state index contributed by atoms with van der Waals surface area (Å²) in [5, 5.41) is 4.31. The highest BCUT2D eigenvalue weighted by atomic mass is 35.5. The van der Waals surface area contributed by atoms with Crippen LogP contribution in [0.25, 0.3) is 22.6 Å². The smallest absolute Gasteiger partial charge is 0.159 e. The maximum Gasteiger partial charge on any atom is 0.159 e. The lowest BCUT2D eigenvalue weighted by Crippen LogP contribution is -2.47. The third-order valence-electron chi connectivity index (χ3n) is 8.60. The molecule has 2 aliphatic rings. The topological polar surface area (TPSA) is 81.8 Å². The van der Waals surface area contributed by atoms with Gasteiger partial charge in [0.2, 0.25) is 0 Å². The number of imidazole rings is 1. The Morgan fingerprint density at radius 2 is 1.70 bits per heavy atom. The number of anilines is 2. The van der Waals surface area contributed by atoms with Crippen LogP contribution in [0.1, 0.15) is 25.3 Å². The minimum Gasteiger partial charge on any atom is -0.497 e. The van der Waals surface area contributed by atoms with E-state index in [4.69, 9.17) is 26.1 Å². The van der Waals surface area contributed by atoms with E-state index in [1.54, 1.807) is 13.3 Å². The first kappa shape index (κ1) is 29.7. The van der Waals surface area contributed by atoms with Crippen molar-refractivity contribution < 1.29 is 9.47 Å². The van der Waals surface area contributed by atoms with Crippen molar-refractivity contribution in [3.63, 3.8) is 0 Å². The standard InChI is InChI=1S/C33H42ClN7O2/c1-3-43-21-20-39-16-18-41(19-17-39)27-8-6-25(7-9-27)32-37-31-30(29(34)22-35-33(31)38-32)36-26-12-14-40(15-13-26)23-24-4-10-28(42-2)11-5-24/h4-11,22,26H,3,12-21,23H2,1-2H3,(H2,35,36,37,38). The number of nitrogens with one attached hydrogen (secondary N) is 2. The van der Waals surface area contributed by atoms with Gasteiger partial charge in [0.15, 0.2) is 5.65 Å². The molecule has 2 aromatic carbocycles. The molecule has 2 N–H and O–H groups in total. The van der Waals surface area contributed by atoms with Crippen LogP contribution in [0.5, 0.6) is 5.75 Å². The summed E-state index contributed by atoms with van der Waals surface area (Å²) in [6.45, 7) is 11.8. The van der Waals surface area contributed by atoms with Gasteiger partial charge in [-0.15, -0.1) is 0 Å². The third-order valence-corrected chi connectivity index (χ3v) is 8.89. The van der Waals surface area contributed by atoms with E-state index in [0.717, 1.165) is 112 Å². The lowest BCUT2D eigenvalue weighted by Gasteiger charge is -2.36. The van der Waals surface area contributed by atoms with Gasteiger partial charge in [0.25, 0.3) is 0 Å². The van der Waals surface area contributed by atoms with E-state index in [2.05, 4.69) is 66.4 Å². The fraction of sp³-hybridized carbons (Fsp3) is 0.455. The number of aromatic nitrogens is 3. The number of likely N-dealkylation sites (tertiary alicyclic amines) is 1. The molecule has 43 heavy (non-hydrogen) atoms. The molecule has 0 atom stereocenters. The molecule has 228 valence electrons. The normalized spacial score (nSPS) is 17.0. The number of piperazine rings is 1. The fourth-order valence-corrected chi connectivity index (χ4v) is 6.22. The Kier molecular flexibility index (Phi) is 9.63. The number of rotatable bonds is 11. The van der Waals surface area contributed by atoms with Gasteiger partial charge in [-0.05, 0) is 61.7 Å². The summed E-state index contributed by atoms with van der Waals surface area (Å²) in [4.78, 5) is 20.4. The molecular weight excluding hydrogens is 562 g/mol. The van der Waals surface area contributed by atoms with E-state index in [-0.39, 0.29) is 0 Å². The van der Waals surface area contributed by atoms with Gasteiger partial charge in [0.1, 0.15) is 17.1 Å². The maximum absolute atomic E-state index is 6.68. The number of pyridine rings is 1.